The van der Waals surface area contributed by atoms with E-state index in [0.29, 0.717) is 85.3 Å². The highest BCUT2D eigenvalue weighted by atomic mass is 32.1. The average Bonchev–Trinajstić information content (AvgIpc) is 3.90. The van der Waals surface area contributed by atoms with Crippen LogP contribution in [0.25, 0.3) is 30.8 Å². The van der Waals surface area contributed by atoms with Gasteiger partial charge in [0.15, 0.2) is 0 Å². The third-order valence-electron chi connectivity index (χ3n) is 10.1. The summed E-state index contributed by atoms with van der Waals surface area (Å²) < 4.78 is 16.9. The van der Waals surface area contributed by atoms with Gasteiger partial charge in [-0.3, -0.25) is 9.59 Å². The lowest BCUT2D eigenvalue weighted by atomic mass is 9.93. The number of carbonyl (C=O) groups is 2. The molecule has 0 radical (unpaired) electrons. The van der Waals surface area contributed by atoms with Crippen molar-refractivity contribution >= 4 is 45.9 Å². The smallest absolute Gasteiger partial charge is 0.263 e. The highest BCUT2D eigenvalue weighted by Crippen LogP contribution is 2.37. The van der Waals surface area contributed by atoms with Crippen LogP contribution in [0.1, 0.15) is 65.3 Å². The number of nitrogens with zero attached hydrogens (tertiary/aromatic N) is 4. The van der Waals surface area contributed by atoms with Crippen molar-refractivity contribution in [2.45, 2.75) is 103 Å². The minimum atomic E-state index is -1.68. The number of aryl methyl sites for hydroxylation is 2. The molecule has 2 amide bonds. The Hall–Kier alpha value is -5.36. The zero-order valence-electron chi connectivity index (χ0n) is 37.7. The molecule has 1 aliphatic heterocycles. The Morgan fingerprint density at radius 3 is 1.74 bits per heavy atom. The van der Waals surface area contributed by atoms with E-state index in [2.05, 4.69) is 36.9 Å². The van der Waals surface area contributed by atoms with Gasteiger partial charge in [0.1, 0.15) is 67.9 Å². The Bertz CT molecular complexity index is 2380. The van der Waals surface area contributed by atoms with E-state index >= 15 is 0 Å². The highest BCUT2D eigenvalue weighted by molar-refractivity contribution is 7.17. The van der Waals surface area contributed by atoms with Crippen molar-refractivity contribution in [3.63, 3.8) is 0 Å². The number of benzene rings is 2. The summed E-state index contributed by atoms with van der Waals surface area (Å²) >= 11 is 2.28. The highest BCUT2D eigenvalue weighted by Gasteiger charge is 2.43. The van der Waals surface area contributed by atoms with Crippen molar-refractivity contribution in [3.8, 4) is 32.6 Å². The molecule has 20 heteroatoms. The largest absolute Gasteiger partial charge is 0.504 e. The number of aliphatic hydroxyl groups excluding tert-OH is 7. The van der Waals surface area contributed by atoms with E-state index in [-0.39, 0.29) is 4.88 Å². The van der Waals surface area contributed by atoms with Crippen LogP contribution in [0.2, 0.25) is 0 Å². The molecule has 18 nitrogen and oxygen atoms in total. The molecule has 0 bridgehead atoms. The summed E-state index contributed by atoms with van der Waals surface area (Å²) in [5.74, 6) is 0.643. The van der Waals surface area contributed by atoms with Gasteiger partial charge >= 0.3 is 0 Å². The first-order valence-electron chi connectivity index (χ1n) is 21.0. The van der Waals surface area contributed by atoms with Crippen molar-refractivity contribution < 1.29 is 59.5 Å². The van der Waals surface area contributed by atoms with Crippen LogP contribution < -0.4 is 20.1 Å². The fourth-order valence-electron chi connectivity index (χ4n) is 6.46. The monoisotopic (exact) mass is 950 g/mol. The number of thiazole rings is 2. The number of hydrogen-bond acceptors (Lipinski definition) is 16. The molecule has 9 atom stereocenters. The van der Waals surface area contributed by atoms with Crippen molar-refractivity contribution in [1.29, 1.82) is 0 Å². The number of carbonyl (C=O) groups excluding carboxylic acids is 2. The minimum absolute atomic E-state index is 0.283. The van der Waals surface area contributed by atoms with Gasteiger partial charge in [-0.1, -0.05) is 45.9 Å². The topological polar surface area (TPSA) is 262 Å². The lowest BCUT2D eigenvalue weighted by Gasteiger charge is -2.41. The quantitative estimate of drug-likeness (QED) is 0.0496. The SMILES string of the molecule is [C-]#[N+]c1cc(-c2nc(C)c(C(=O)NC(C=C)C(O)C(O)C(O)CO)s2)ccc1OCC(C)C.[C-]#[N+]c1cc(-c2nc(C)c(C(=O)NC3C(C)OC(CO)C(O)C3O)s2)ccc1OCC(C)C. The fourth-order valence-corrected chi connectivity index (χ4v) is 8.40. The Morgan fingerprint density at radius 1 is 0.833 bits per heavy atom. The van der Waals surface area contributed by atoms with E-state index in [0.717, 1.165) is 11.3 Å². The third kappa shape index (κ3) is 13.4. The van der Waals surface area contributed by atoms with Gasteiger partial charge in [-0.2, -0.15) is 0 Å². The summed E-state index contributed by atoms with van der Waals surface area (Å²) in [4.78, 5) is 42.4. The standard InChI is InChI=1S/2C23H29N3O6S/c1-11(2)10-31-16-7-6-14(8-15(16)24-5)23-25-12(3)21(33-23)22(30)26-18-13(4)32-17(9-27)19(28)20(18)29;1-6-15(19(29)20(30)17(28)10-27)26-22(31)21-13(4)25-23(33-21)14-7-8-18(16(9-14)24-5)32-11-12(2)3/h6-8,11,13,17-20,27-29H,9-10H2,1-4H3,(H,26,30);6-9,12,15,17,19-20,27-30H,1,10-11H2,2-4H3,(H,26,31). The lowest BCUT2D eigenvalue weighted by Crippen LogP contribution is -2.63. The van der Waals surface area contributed by atoms with Gasteiger partial charge in [0.25, 0.3) is 11.8 Å². The number of ether oxygens (including phenoxy) is 3. The zero-order chi connectivity index (χ0) is 49.0. The maximum absolute atomic E-state index is 12.9. The molecular weight excluding hydrogens is 893 g/mol. The molecule has 2 aromatic heterocycles. The predicted octanol–water partition coefficient (Wildman–Crippen LogP) is 4.37. The third-order valence-corrected chi connectivity index (χ3v) is 12.5. The van der Waals surface area contributed by atoms with Crippen LogP contribution >= 0.6 is 22.7 Å². The molecule has 66 heavy (non-hydrogen) atoms. The summed E-state index contributed by atoms with van der Waals surface area (Å²) in [7, 11) is 0. The molecule has 3 heterocycles. The summed E-state index contributed by atoms with van der Waals surface area (Å²) in [6.45, 7) is 31.4. The van der Waals surface area contributed by atoms with E-state index in [1.807, 2.05) is 27.7 Å². The van der Waals surface area contributed by atoms with Crippen LogP contribution in [0.4, 0.5) is 11.4 Å². The Balaban J connectivity index is 0.000000289. The van der Waals surface area contributed by atoms with E-state index in [1.165, 1.54) is 17.4 Å². The summed E-state index contributed by atoms with van der Waals surface area (Å²) in [5.41, 5.74) is 3.02. The van der Waals surface area contributed by atoms with Gasteiger partial charge in [-0.15, -0.1) is 29.3 Å². The first-order valence-corrected chi connectivity index (χ1v) is 22.7. The van der Waals surface area contributed by atoms with E-state index in [4.69, 9.17) is 32.5 Å². The van der Waals surface area contributed by atoms with E-state index in [1.54, 1.807) is 57.2 Å². The second-order valence-electron chi connectivity index (χ2n) is 16.4. The molecule has 9 unspecified atom stereocenters. The first-order chi connectivity index (χ1) is 31.3. The fraction of sp³-hybridized carbons (Fsp3) is 0.478. The summed E-state index contributed by atoms with van der Waals surface area (Å²) in [6, 6.07) is 8.43. The molecule has 1 fully saturated rings. The zero-order valence-corrected chi connectivity index (χ0v) is 39.3. The molecule has 0 aliphatic carbocycles. The second-order valence-corrected chi connectivity index (χ2v) is 18.4. The predicted molar refractivity (Wildman–Crippen MR) is 249 cm³/mol. The molecule has 0 spiro atoms. The van der Waals surface area contributed by atoms with Crippen LogP contribution in [0.15, 0.2) is 49.1 Å². The normalized spacial score (nSPS) is 19.9. The molecule has 5 rings (SSSR count). The van der Waals surface area contributed by atoms with Gasteiger partial charge < -0.3 is 60.6 Å². The van der Waals surface area contributed by atoms with Crippen molar-refractivity contribution in [1.82, 2.24) is 20.6 Å². The summed E-state index contributed by atoms with van der Waals surface area (Å²) in [5, 5.41) is 74.8. The summed E-state index contributed by atoms with van der Waals surface area (Å²) in [6.07, 6.45) is -7.74. The number of hydrogen-bond donors (Lipinski definition) is 9. The average molecular weight is 951 g/mol. The number of aliphatic hydroxyl groups is 7. The Morgan fingerprint density at radius 2 is 1.32 bits per heavy atom. The van der Waals surface area contributed by atoms with E-state index in [9.17, 15) is 40.2 Å². The molecule has 1 saturated heterocycles. The van der Waals surface area contributed by atoms with Crippen LogP contribution in [-0.4, -0.2) is 139 Å². The molecule has 2 aromatic carbocycles. The van der Waals surface area contributed by atoms with Crippen molar-refractivity contribution in [2.24, 2.45) is 11.8 Å². The van der Waals surface area contributed by atoms with Crippen LogP contribution in [0.3, 0.4) is 0 Å². The maximum atomic E-state index is 12.9. The molecule has 0 saturated carbocycles. The first kappa shape index (κ1) is 53.3. The Kier molecular flexibility index (Phi) is 19.7. The van der Waals surface area contributed by atoms with Crippen LogP contribution in [0, 0.1) is 38.8 Å². The Labute approximate surface area is 391 Å². The lowest BCUT2D eigenvalue weighted by molar-refractivity contribution is -0.187. The van der Waals surface area contributed by atoms with Gasteiger partial charge in [-0.25, -0.2) is 19.7 Å². The molecular formula is C46H58N6O12S2. The van der Waals surface area contributed by atoms with Crippen LogP contribution in [0.5, 0.6) is 11.5 Å². The van der Waals surface area contributed by atoms with Gasteiger partial charge in [0, 0.05) is 11.1 Å². The number of rotatable bonds is 18. The molecule has 356 valence electrons. The van der Waals surface area contributed by atoms with Gasteiger partial charge in [0.05, 0.1) is 69.1 Å². The van der Waals surface area contributed by atoms with Crippen molar-refractivity contribution in [2.75, 3.05) is 26.4 Å². The maximum Gasteiger partial charge on any atom is 0.263 e. The second kappa shape index (κ2) is 24.4. The van der Waals surface area contributed by atoms with Gasteiger partial charge in [0.2, 0.25) is 11.4 Å². The number of nitrogens with one attached hydrogen (secondary N) is 2. The van der Waals surface area contributed by atoms with E-state index < -0.39 is 79.8 Å². The van der Waals surface area contributed by atoms with Crippen LogP contribution in [-0.2, 0) is 4.74 Å². The number of aromatic nitrogens is 2. The molecule has 1 aliphatic rings. The number of amides is 2. The van der Waals surface area contributed by atoms with Crippen molar-refractivity contribution in [3.05, 3.63) is 93.0 Å². The minimum Gasteiger partial charge on any atom is -0.504 e. The molecule has 9 N–H and O–H groups in total. The van der Waals surface area contributed by atoms with Gasteiger partial charge in [-0.05, 0) is 56.9 Å². The molecule has 4 aromatic rings.